The van der Waals surface area contributed by atoms with Crippen LogP contribution in [-0.4, -0.2) is 11.1 Å². The van der Waals surface area contributed by atoms with Gasteiger partial charge in [0.1, 0.15) is 6.07 Å². The van der Waals surface area contributed by atoms with Gasteiger partial charge in [0.15, 0.2) is 5.54 Å². The molecule has 0 saturated heterocycles. The van der Waals surface area contributed by atoms with Crippen LogP contribution in [0.5, 0.6) is 0 Å². The van der Waals surface area contributed by atoms with E-state index in [0.717, 1.165) is 5.56 Å². The number of carboxylic acids is 1. The van der Waals surface area contributed by atoms with Gasteiger partial charge in [0.05, 0.1) is 11.3 Å². The maximum absolute atomic E-state index is 11.7. The number of hydrogen-bond acceptors (Lipinski definition) is 3. The Hall–Kier alpha value is -2.80. The van der Waals surface area contributed by atoms with Crippen molar-refractivity contribution in [3.63, 3.8) is 0 Å². The number of aliphatic carboxylic acids is 1. The lowest BCUT2D eigenvalue weighted by Gasteiger charge is -2.28. The van der Waals surface area contributed by atoms with Crippen molar-refractivity contribution >= 4 is 11.7 Å². The minimum atomic E-state index is -1.30. The van der Waals surface area contributed by atoms with E-state index in [1.807, 2.05) is 19.1 Å². The van der Waals surface area contributed by atoms with Crippen LogP contribution in [0, 0.1) is 18.3 Å². The van der Waals surface area contributed by atoms with Gasteiger partial charge in [0, 0.05) is 0 Å². The first-order valence-corrected chi connectivity index (χ1v) is 6.55. The van der Waals surface area contributed by atoms with Crippen LogP contribution in [0.3, 0.4) is 0 Å². The zero-order valence-corrected chi connectivity index (χ0v) is 11.9. The molecule has 0 saturated carbocycles. The van der Waals surface area contributed by atoms with E-state index in [2.05, 4.69) is 11.4 Å². The van der Waals surface area contributed by atoms with Gasteiger partial charge in [-0.05, 0) is 37.1 Å². The van der Waals surface area contributed by atoms with Crippen molar-refractivity contribution in [3.8, 4) is 6.07 Å². The van der Waals surface area contributed by atoms with E-state index in [4.69, 9.17) is 0 Å². The molecule has 0 heterocycles. The van der Waals surface area contributed by atoms with Crippen LogP contribution >= 0.6 is 0 Å². The molecule has 2 aromatic rings. The summed E-state index contributed by atoms with van der Waals surface area (Å²) in [7, 11) is 0. The Labute approximate surface area is 123 Å². The predicted molar refractivity (Wildman–Crippen MR) is 80.9 cm³/mol. The van der Waals surface area contributed by atoms with Crippen LogP contribution in [0.15, 0.2) is 48.5 Å². The Morgan fingerprint density at radius 3 is 2.48 bits per heavy atom. The molecule has 0 aliphatic carbocycles. The number of nitrogens with zero attached hydrogens (tertiary/aromatic N) is 1. The first-order chi connectivity index (χ1) is 9.97. The molecule has 2 aromatic carbocycles. The Morgan fingerprint density at radius 2 is 1.90 bits per heavy atom. The number of hydrogen-bond donors (Lipinski definition) is 2. The molecular weight excluding hydrogens is 264 g/mol. The van der Waals surface area contributed by atoms with E-state index >= 15 is 0 Å². The second-order valence-corrected chi connectivity index (χ2v) is 5.08. The van der Waals surface area contributed by atoms with Gasteiger partial charge in [-0.25, -0.2) is 4.79 Å². The second kappa shape index (κ2) is 5.68. The van der Waals surface area contributed by atoms with E-state index in [9.17, 15) is 15.2 Å². The monoisotopic (exact) mass is 280 g/mol. The average molecular weight is 280 g/mol. The van der Waals surface area contributed by atoms with Crippen LogP contribution in [-0.2, 0) is 10.3 Å². The molecule has 4 heteroatoms. The molecule has 21 heavy (non-hydrogen) atoms. The molecule has 1 atom stereocenters. The number of anilines is 1. The third kappa shape index (κ3) is 2.87. The van der Waals surface area contributed by atoms with Gasteiger partial charge in [0.2, 0.25) is 0 Å². The summed E-state index contributed by atoms with van der Waals surface area (Å²) in [5, 5.41) is 21.8. The standard InChI is InChI=1S/C17H16N2O2/c1-12-8-9-15(13(10-12)11-18)19-17(2,16(20)21)14-6-4-3-5-7-14/h3-10,19H,1-2H3,(H,20,21). The van der Waals surface area contributed by atoms with Crippen LogP contribution in [0.1, 0.15) is 23.6 Å². The summed E-state index contributed by atoms with van der Waals surface area (Å²) in [6.07, 6.45) is 0. The van der Waals surface area contributed by atoms with Crippen molar-refractivity contribution in [3.05, 3.63) is 65.2 Å². The van der Waals surface area contributed by atoms with Gasteiger partial charge >= 0.3 is 5.97 Å². The van der Waals surface area contributed by atoms with E-state index < -0.39 is 11.5 Å². The smallest absolute Gasteiger partial charge is 0.333 e. The largest absolute Gasteiger partial charge is 0.479 e. The summed E-state index contributed by atoms with van der Waals surface area (Å²) in [4.78, 5) is 11.7. The van der Waals surface area contributed by atoms with Crippen molar-refractivity contribution < 1.29 is 9.90 Å². The first-order valence-electron chi connectivity index (χ1n) is 6.55. The summed E-state index contributed by atoms with van der Waals surface area (Å²) in [6, 6.07) is 16.3. The molecular formula is C17H16N2O2. The summed E-state index contributed by atoms with van der Waals surface area (Å²) < 4.78 is 0. The van der Waals surface area contributed by atoms with Gasteiger partial charge < -0.3 is 10.4 Å². The first kappa shape index (κ1) is 14.6. The summed E-state index contributed by atoms with van der Waals surface area (Å²) in [5.74, 6) is -1.00. The third-order valence-corrected chi connectivity index (χ3v) is 3.46. The highest BCUT2D eigenvalue weighted by Gasteiger charge is 2.35. The normalized spacial score (nSPS) is 13.0. The van der Waals surface area contributed by atoms with Gasteiger partial charge in [-0.1, -0.05) is 36.4 Å². The van der Waals surface area contributed by atoms with Crippen LogP contribution in [0.4, 0.5) is 5.69 Å². The molecule has 0 aliphatic heterocycles. The maximum atomic E-state index is 11.7. The van der Waals surface area contributed by atoms with Crippen molar-refractivity contribution in [2.75, 3.05) is 5.32 Å². The Kier molecular flexibility index (Phi) is 3.95. The lowest BCUT2D eigenvalue weighted by atomic mass is 9.91. The highest BCUT2D eigenvalue weighted by Crippen LogP contribution is 2.28. The fourth-order valence-electron chi connectivity index (χ4n) is 2.15. The molecule has 0 bridgehead atoms. The van der Waals surface area contributed by atoms with Crippen molar-refractivity contribution in [1.29, 1.82) is 5.26 Å². The van der Waals surface area contributed by atoms with Crippen LogP contribution in [0.25, 0.3) is 0 Å². The Balaban J connectivity index is 2.48. The molecule has 4 nitrogen and oxygen atoms in total. The highest BCUT2D eigenvalue weighted by molar-refractivity contribution is 5.84. The number of nitriles is 1. The van der Waals surface area contributed by atoms with Gasteiger partial charge in [0.25, 0.3) is 0 Å². The van der Waals surface area contributed by atoms with Crippen molar-refractivity contribution in [1.82, 2.24) is 0 Å². The highest BCUT2D eigenvalue weighted by atomic mass is 16.4. The van der Waals surface area contributed by atoms with Crippen molar-refractivity contribution in [2.24, 2.45) is 0 Å². The molecule has 2 rings (SSSR count). The number of benzene rings is 2. The second-order valence-electron chi connectivity index (χ2n) is 5.08. The maximum Gasteiger partial charge on any atom is 0.333 e. The molecule has 0 amide bonds. The Bertz CT molecular complexity index is 704. The molecule has 0 aliphatic rings. The summed E-state index contributed by atoms with van der Waals surface area (Å²) in [5.41, 5.74) is 1.22. The fourth-order valence-corrected chi connectivity index (χ4v) is 2.15. The van der Waals surface area contributed by atoms with Crippen LogP contribution < -0.4 is 5.32 Å². The molecule has 2 N–H and O–H groups in total. The number of carboxylic acid groups (broad SMARTS) is 1. The number of aryl methyl sites for hydroxylation is 1. The molecule has 106 valence electrons. The van der Waals surface area contributed by atoms with E-state index in [1.54, 1.807) is 43.3 Å². The molecule has 0 aromatic heterocycles. The van der Waals surface area contributed by atoms with E-state index in [-0.39, 0.29) is 0 Å². The average Bonchev–Trinajstić information content (AvgIpc) is 2.49. The zero-order valence-electron chi connectivity index (χ0n) is 11.9. The van der Waals surface area contributed by atoms with Gasteiger partial charge in [-0.3, -0.25) is 0 Å². The van der Waals surface area contributed by atoms with Gasteiger partial charge in [-0.15, -0.1) is 0 Å². The summed E-state index contributed by atoms with van der Waals surface area (Å²) >= 11 is 0. The van der Waals surface area contributed by atoms with E-state index in [0.29, 0.717) is 16.8 Å². The fraction of sp³-hybridized carbons (Fsp3) is 0.176. The third-order valence-electron chi connectivity index (χ3n) is 3.46. The zero-order chi connectivity index (χ0) is 15.5. The van der Waals surface area contributed by atoms with Gasteiger partial charge in [-0.2, -0.15) is 5.26 Å². The quantitative estimate of drug-likeness (QED) is 0.901. The molecule has 1 unspecified atom stereocenters. The topological polar surface area (TPSA) is 73.1 Å². The number of nitrogens with one attached hydrogen (secondary N) is 1. The van der Waals surface area contributed by atoms with Crippen LogP contribution in [0.2, 0.25) is 0 Å². The summed E-state index contributed by atoms with van der Waals surface area (Å²) in [6.45, 7) is 3.48. The lowest BCUT2D eigenvalue weighted by Crippen LogP contribution is -2.40. The molecule has 0 radical (unpaired) electrons. The van der Waals surface area contributed by atoms with E-state index in [1.165, 1.54) is 0 Å². The number of rotatable bonds is 4. The predicted octanol–water partition coefficient (Wildman–Crippen LogP) is 3.28. The molecule has 0 fully saturated rings. The number of carbonyl (C=O) groups is 1. The minimum Gasteiger partial charge on any atom is -0.479 e. The Morgan fingerprint density at radius 1 is 1.24 bits per heavy atom. The van der Waals surface area contributed by atoms with Crippen molar-refractivity contribution in [2.45, 2.75) is 19.4 Å². The minimum absolute atomic E-state index is 0.429. The SMILES string of the molecule is Cc1ccc(NC(C)(C(=O)O)c2ccccc2)c(C#N)c1. The molecule has 0 spiro atoms. The lowest BCUT2D eigenvalue weighted by molar-refractivity contribution is -0.142.